The number of benzene rings is 1. The summed E-state index contributed by atoms with van der Waals surface area (Å²) >= 11 is 0. The first-order valence-corrected chi connectivity index (χ1v) is 7.89. The van der Waals surface area contributed by atoms with Gasteiger partial charge in [0.2, 0.25) is 0 Å². The molecular formula is C19H19N3. The largest absolute Gasteiger partial charge is 0.371 e. The van der Waals surface area contributed by atoms with Crippen LogP contribution in [-0.4, -0.2) is 23.1 Å². The minimum absolute atomic E-state index is 0.996. The molecule has 0 saturated carbocycles. The standard InChI is InChI=1S/C19H19N3/c1-14-12-19(22-10-4-5-11-22)16-8-7-15(13-18(16)21-14)17-6-2-3-9-20-17/h2-3,6-9,12-13H,4-5,10-11H2,1H3. The number of rotatable bonds is 2. The molecule has 3 nitrogen and oxygen atoms in total. The van der Waals surface area contributed by atoms with Gasteiger partial charge in [-0.15, -0.1) is 0 Å². The van der Waals surface area contributed by atoms with Crippen LogP contribution in [0.2, 0.25) is 0 Å². The Kier molecular flexibility index (Phi) is 3.26. The second-order valence-corrected chi connectivity index (χ2v) is 5.92. The smallest absolute Gasteiger partial charge is 0.0732 e. The maximum Gasteiger partial charge on any atom is 0.0732 e. The molecule has 0 N–H and O–H groups in total. The zero-order valence-corrected chi connectivity index (χ0v) is 12.8. The van der Waals surface area contributed by atoms with Crippen molar-refractivity contribution >= 4 is 16.6 Å². The Morgan fingerprint density at radius 3 is 2.64 bits per heavy atom. The molecule has 3 heterocycles. The fraction of sp³-hybridized carbons (Fsp3) is 0.263. The molecule has 1 aliphatic rings. The molecule has 4 rings (SSSR count). The molecule has 0 radical (unpaired) electrons. The normalized spacial score (nSPS) is 14.7. The first-order valence-electron chi connectivity index (χ1n) is 7.89. The lowest BCUT2D eigenvalue weighted by Crippen LogP contribution is -2.18. The van der Waals surface area contributed by atoms with Gasteiger partial charge in [0, 0.05) is 41.6 Å². The van der Waals surface area contributed by atoms with Crippen LogP contribution in [0.3, 0.4) is 0 Å². The maximum atomic E-state index is 4.74. The summed E-state index contributed by atoms with van der Waals surface area (Å²) in [6.07, 6.45) is 4.41. The van der Waals surface area contributed by atoms with E-state index in [2.05, 4.69) is 41.1 Å². The van der Waals surface area contributed by atoms with E-state index in [1.807, 2.05) is 24.4 Å². The van der Waals surface area contributed by atoms with Gasteiger partial charge in [0.25, 0.3) is 0 Å². The Morgan fingerprint density at radius 2 is 1.86 bits per heavy atom. The van der Waals surface area contributed by atoms with Gasteiger partial charge in [-0.25, -0.2) is 0 Å². The van der Waals surface area contributed by atoms with Crippen molar-refractivity contribution < 1.29 is 0 Å². The molecule has 0 bridgehead atoms. The Balaban J connectivity index is 1.86. The van der Waals surface area contributed by atoms with E-state index in [0.29, 0.717) is 0 Å². The molecule has 0 unspecified atom stereocenters. The predicted molar refractivity (Wildman–Crippen MR) is 91.2 cm³/mol. The number of aryl methyl sites for hydroxylation is 1. The van der Waals surface area contributed by atoms with Crippen LogP contribution >= 0.6 is 0 Å². The third-order valence-electron chi connectivity index (χ3n) is 4.32. The fourth-order valence-corrected chi connectivity index (χ4v) is 3.25. The monoisotopic (exact) mass is 289 g/mol. The van der Waals surface area contributed by atoms with Gasteiger partial charge >= 0.3 is 0 Å². The Labute approximate surface area is 130 Å². The Hall–Kier alpha value is -2.42. The van der Waals surface area contributed by atoms with E-state index in [1.54, 1.807) is 0 Å². The summed E-state index contributed by atoms with van der Waals surface area (Å²) in [5, 5.41) is 1.24. The number of hydrogen-bond donors (Lipinski definition) is 0. The van der Waals surface area contributed by atoms with Crippen molar-refractivity contribution in [2.75, 3.05) is 18.0 Å². The van der Waals surface area contributed by atoms with Gasteiger partial charge in [-0.1, -0.05) is 18.2 Å². The van der Waals surface area contributed by atoms with Crippen LogP contribution in [0.25, 0.3) is 22.2 Å². The summed E-state index contributed by atoms with van der Waals surface area (Å²) in [7, 11) is 0. The number of fused-ring (bicyclic) bond motifs is 1. The van der Waals surface area contributed by atoms with E-state index in [1.165, 1.54) is 23.9 Å². The molecule has 0 aliphatic carbocycles. The molecule has 0 spiro atoms. The number of aromatic nitrogens is 2. The predicted octanol–water partition coefficient (Wildman–Crippen LogP) is 4.21. The quantitative estimate of drug-likeness (QED) is 0.708. The van der Waals surface area contributed by atoms with E-state index >= 15 is 0 Å². The van der Waals surface area contributed by atoms with Crippen LogP contribution in [0.5, 0.6) is 0 Å². The summed E-state index contributed by atoms with van der Waals surface area (Å²) in [5.74, 6) is 0. The fourth-order valence-electron chi connectivity index (χ4n) is 3.25. The molecule has 0 atom stereocenters. The molecule has 1 fully saturated rings. The zero-order chi connectivity index (χ0) is 14.9. The van der Waals surface area contributed by atoms with Crippen molar-refractivity contribution in [1.29, 1.82) is 0 Å². The van der Waals surface area contributed by atoms with E-state index < -0.39 is 0 Å². The molecule has 2 aromatic heterocycles. The van der Waals surface area contributed by atoms with Crippen molar-refractivity contribution in [1.82, 2.24) is 9.97 Å². The van der Waals surface area contributed by atoms with Crippen LogP contribution in [0.4, 0.5) is 5.69 Å². The molecule has 1 aliphatic heterocycles. The van der Waals surface area contributed by atoms with Gasteiger partial charge in [0.1, 0.15) is 0 Å². The van der Waals surface area contributed by atoms with Crippen LogP contribution in [0, 0.1) is 6.92 Å². The average Bonchev–Trinajstić information content (AvgIpc) is 3.08. The molecule has 22 heavy (non-hydrogen) atoms. The highest BCUT2D eigenvalue weighted by molar-refractivity contribution is 5.94. The summed E-state index contributed by atoms with van der Waals surface area (Å²) in [5.41, 5.74) is 5.58. The number of nitrogens with zero attached hydrogens (tertiary/aromatic N) is 3. The Morgan fingerprint density at radius 1 is 1.00 bits per heavy atom. The Bertz CT molecular complexity index is 806. The molecule has 1 saturated heterocycles. The number of anilines is 1. The van der Waals surface area contributed by atoms with E-state index in [-0.39, 0.29) is 0 Å². The number of pyridine rings is 2. The SMILES string of the molecule is Cc1cc(N2CCCC2)c2ccc(-c3ccccn3)cc2n1. The summed E-state index contributed by atoms with van der Waals surface area (Å²) in [6, 6.07) is 14.7. The van der Waals surface area contributed by atoms with Crippen molar-refractivity contribution in [2.24, 2.45) is 0 Å². The molecule has 3 aromatic rings. The van der Waals surface area contributed by atoms with Gasteiger partial charge in [-0.3, -0.25) is 9.97 Å². The van der Waals surface area contributed by atoms with Crippen molar-refractivity contribution in [3.8, 4) is 11.3 Å². The van der Waals surface area contributed by atoms with E-state index in [4.69, 9.17) is 4.98 Å². The topological polar surface area (TPSA) is 29.0 Å². The maximum absolute atomic E-state index is 4.74. The van der Waals surface area contributed by atoms with E-state index in [0.717, 1.165) is 35.6 Å². The average molecular weight is 289 g/mol. The molecule has 3 heteroatoms. The first kappa shape index (κ1) is 13.3. The summed E-state index contributed by atoms with van der Waals surface area (Å²) < 4.78 is 0. The van der Waals surface area contributed by atoms with Crippen molar-refractivity contribution in [2.45, 2.75) is 19.8 Å². The second-order valence-electron chi connectivity index (χ2n) is 5.92. The number of hydrogen-bond acceptors (Lipinski definition) is 3. The molecule has 0 amide bonds. The minimum Gasteiger partial charge on any atom is -0.371 e. The van der Waals surface area contributed by atoms with Crippen molar-refractivity contribution in [3.63, 3.8) is 0 Å². The van der Waals surface area contributed by atoms with Crippen LogP contribution in [0.1, 0.15) is 18.5 Å². The second kappa shape index (κ2) is 5.41. The molecule has 110 valence electrons. The third-order valence-corrected chi connectivity index (χ3v) is 4.32. The van der Waals surface area contributed by atoms with Crippen molar-refractivity contribution in [3.05, 3.63) is 54.4 Å². The lowest BCUT2D eigenvalue weighted by atomic mass is 10.1. The zero-order valence-electron chi connectivity index (χ0n) is 12.8. The summed E-state index contributed by atoms with van der Waals surface area (Å²) in [6.45, 7) is 4.38. The minimum atomic E-state index is 0.996. The van der Waals surface area contributed by atoms with Gasteiger partial charge in [0.15, 0.2) is 0 Å². The van der Waals surface area contributed by atoms with E-state index in [9.17, 15) is 0 Å². The van der Waals surface area contributed by atoms with Gasteiger partial charge < -0.3 is 4.90 Å². The highest BCUT2D eigenvalue weighted by Gasteiger charge is 2.16. The lowest BCUT2D eigenvalue weighted by molar-refractivity contribution is 0.949. The molecular weight excluding hydrogens is 270 g/mol. The van der Waals surface area contributed by atoms with Gasteiger partial charge in [0.05, 0.1) is 11.2 Å². The highest BCUT2D eigenvalue weighted by Crippen LogP contribution is 2.31. The highest BCUT2D eigenvalue weighted by atomic mass is 15.1. The first-order chi connectivity index (χ1) is 10.8. The van der Waals surface area contributed by atoms with Gasteiger partial charge in [-0.2, -0.15) is 0 Å². The third kappa shape index (κ3) is 2.33. The van der Waals surface area contributed by atoms with Crippen LogP contribution < -0.4 is 4.90 Å². The molecule has 1 aromatic carbocycles. The van der Waals surface area contributed by atoms with Crippen LogP contribution in [-0.2, 0) is 0 Å². The van der Waals surface area contributed by atoms with Crippen LogP contribution in [0.15, 0.2) is 48.7 Å². The summed E-state index contributed by atoms with van der Waals surface area (Å²) in [4.78, 5) is 11.7. The lowest BCUT2D eigenvalue weighted by Gasteiger charge is -2.20. The van der Waals surface area contributed by atoms with Gasteiger partial charge in [-0.05, 0) is 44.0 Å².